The number of benzene rings is 4. The summed E-state index contributed by atoms with van der Waals surface area (Å²) in [5, 5.41) is 0. The molecular weight excluding hydrogens is 852 g/mol. The van der Waals surface area contributed by atoms with Crippen LogP contribution < -0.4 is 0 Å². The number of nitrogens with zero attached hydrogens (tertiary/aromatic N) is 2. The van der Waals surface area contributed by atoms with E-state index in [1.165, 1.54) is 33.4 Å². The van der Waals surface area contributed by atoms with E-state index in [0.29, 0.717) is 0 Å². The van der Waals surface area contributed by atoms with Gasteiger partial charge < -0.3 is 9.97 Å². The minimum Gasteiger partial charge on any atom is -0.354 e. The van der Waals surface area contributed by atoms with E-state index in [9.17, 15) is 0 Å². The lowest BCUT2D eigenvalue weighted by Gasteiger charge is -2.13. The second kappa shape index (κ2) is 15.7. The van der Waals surface area contributed by atoms with Crippen LogP contribution in [0.5, 0.6) is 0 Å². The summed E-state index contributed by atoms with van der Waals surface area (Å²) < 4.78 is 9.05. The zero-order chi connectivity index (χ0) is 41.8. The van der Waals surface area contributed by atoms with E-state index in [4.69, 9.17) is 11.3 Å². The van der Waals surface area contributed by atoms with Crippen LogP contribution in [0, 0.1) is 57.0 Å². The molecule has 59 heavy (non-hydrogen) atoms. The van der Waals surface area contributed by atoms with E-state index >= 15 is 0 Å². The molecular formula is C53H43IN4S. The minimum absolute atomic E-state index is 0.788. The highest BCUT2D eigenvalue weighted by molar-refractivity contribution is 14.1. The van der Waals surface area contributed by atoms with Gasteiger partial charge in [0.2, 0.25) is 0 Å². The maximum absolute atomic E-state index is 7.90. The lowest BCUT2D eigenvalue weighted by molar-refractivity contribution is 1.28. The highest BCUT2D eigenvalue weighted by atomic mass is 127. The highest BCUT2D eigenvalue weighted by Gasteiger charge is 2.21. The van der Waals surface area contributed by atoms with E-state index < -0.39 is 5.73 Å². The largest absolute Gasteiger partial charge is 0.354 e. The summed E-state index contributed by atoms with van der Waals surface area (Å²) in [5.74, 6) is 6.05. The fraction of sp³-hybridized carbons (Fsp3) is 0.132. The maximum Gasteiger partial charge on any atom is 0.0737 e. The van der Waals surface area contributed by atoms with Crippen molar-refractivity contribution >= 4 is 81.6 Å². The van der Waals surface area contributed by atoms with Crippen molar-refractivity contribution in [2.24, 2.45) is 0 Å². The van der Waals surface area contributed by atoms with Crippen LogP contribution in [0.25, 0.3) is 90.9 Å². The third-order valence-corrected chi connectivity index (χ3v) is 12.0. The second-order valence-electron chi connectivity index (χ2n) is 15.5. The van der Waals surface area contributed by atoms with Crippen LogP contribution in [0.15, 0.2) is 97.1 Å². The van der Waals surface area contributed by atoms with Gasteiger partial charge in [0, 0.05) is 53.5 Å². The van der Waals surface area contributed by atoms with E-state index in [-0.39, 0.29) is 0 Å². The molecule has 1 atom stereocenters. The van der Waals surface area contributed by atoms with E-state index in [1.807, 2.05) is 12.1 Å². The Morgan fingerprint density at radius 2 is 0.932 bits per heavy atom. The molecule has 5 heterocycles. The van der Waals surface area contributed by atoms with Crippen molar-refractivity contribution in [2.45, 2.75) is 41.5 Å². The predicted octanol–water partition coefficient (Wildman–Crippen LogP) is 14.1. The molecule has 1 unspecified atom stereocenters. The van der Waals surface area contributed by atoms with Crippen LogP contribution in [0.1, 0.15) is 63.1 Å². The number of rotatable bonds is 4. The molecule has 7 aromatic rings. The summed E-state index contributed by atoms with van der Waals surface area (Å²) >= 11 is 6.60. The fourth-order valence-electron chi connectivity index (χ4n) is 9.00. The van der Waals surface area contributed by atoms with Crippen LogP contribution in [0.3, 0.4) is 0 Å². The average Bonchev–Trinajstić information content (AvgIpc) is 4.04. The first-order valence-corrected chi connectivity index (χ1v) is 21.3. The molecule has 2 aliphatic rings. The molecule has 0 amide bonds. The normalized spacial score (nSPS) is 12.6. The number of thiol groups is 1. The number of hydrogen-bond donors (Lipinski definition) is 3. The molecule has 0 spiro atoms. The molecule has 0 saturated carbocycles. The van der Waals surface area contributed by atoms with Crippen molar-refractivity contribution in [1.29, 1.82) is 0 Å². The quantitative estimate of drug-likeness (QED) is 0.0936. The Hall–Kier alpha value is -5.88. The highest BCUT2D eigenvalue weighted by Crippen LogP contribution is 2.41. The predicted molar refractivity (Wildman–Crippen MR) is 262 cm³/mol. The zero-order valence-corrected chi connectivity index (χ0v) is 36.9. The van der Waals surface area contributed by atoms with Crippen molar-refractivity contribution in [3.63, 3.8) is 0 Å². The first-order chi connectivity index (χ1) is 28.9. The molecule has 8 bridgehead atoms. The fourth-order valence-corrected chi connectivity index (χ4v) is 9.61. The van der Waals surface area contributed by atoms with Gasteiger partial charge in [-0.1, -0.05) is 71.5 Å². The van der Waals surface area contributed by atoms with Gasteiger partial charge in [-0.15, -0.1) is 0 Å². The number of nitrogens with one attached hydrogen (secondary N) is 2. The van der Waals surface area contributed by atoms with Gasteiger partial charge in [-0.2, -0.15) is 12.6 Å². The van der Waals surface area contributed by atoms with Gasteiger partial charge in [0.1, 0.15) is 0 Å². The lowest BCUT2D eigenvalue weighted by atomic mass is 9.92. The van der Waals surface area contributed by atoms with Gasteiger partial charge in [-0.3, -0.25) is 0 Å². The molecule has 0 saturated heterocycles. The monoisotopic (exact) mass is 896 g/mol. The summed E-state index contributed by atoms with van der Waals surface area (Å²) in [6.45, 7) is 13.1. The summed E-state index contributed by atoms with van der Waals surface area (Å²) in [4.78, 5) is 18.9. The number of halogens is 1. The Bertz CT molecular complexity index is 3120. The van der Waals surface area contributed by atoms with Gasteiger partial charge in [0.05, 0.1) is 29.9 Å². The zero-order valence-electron chi connectivity index (χ0n) is 34.8. The second-order valence-corrected chi connectivity index (χ2v) is 17.0. The summed E-state index contributed by atoms with van der Waals surface area (Å²) in [6.07, 6.45) is 8.60. The summed E-state index contributed by atoms with van der Waals surface area (Å²) in [6, 6.07) is 34.5. The van der Waals surface area contributed by atoms with Gasteiger partial charge >= 0.3 is 0 Å². The first kappa shape index (κ1) is 37.4. The standard InChI is InChI=1S/C53H43IN4S/c1-30-24-32(3)48(33(4)25-30)52-44-19-15-40(55-44)50(37-12-7-10-36(28-37)11-9-23-59)41-16-20-45(56-41)53(49-34(5)26-31(2)27-35(49)6)47-22-18-43(58-47)51(42-17-21-46(52)57-42)38-13-8-14-39(54)29-38/h7-8,10,12-22,24-29,55,58-59H,23H2,1-6H3/i23T. The van der Waals surface area contributed by atoms with E-state index in [2.05, 4.69) is 208 Å². The molecule has 288 valence electrons. The molecule has 6 heteroatoms. The Labute approximate surface area is 366 Å². The number of hydrogen-bond acceptors (Lipinski definition) is 3. The Balaban J connectivity index is 1.49. The van der Waals surface area contributed by atoms with Crippen molar-refractivity contribution in [3.05, 3.63) is 162 Å². The minimum atomic E-state index is -0.788. The topological polar surface area (TPSA) is 57.4 Å². The third-order valence-electron chi connectivity index (χ3n) is 11.2. The summed E-state index contributed by atoms with van der Waals surface area (Å²) in [7, 11) is 0. The maximum atomic E-state index is 7.90. The smallest absolute Gasteiger partial charge is 0.0737 e. The molecule has 2 N–H and O–H groups in total. The van der Waals surface area contributed by atoms with Crippen molar-refractivity contribution in [2.75, 3.05) is 5.73 Å². The van der Waals surface area contributed by atoms with Crippen LogP contribution >= 0.6 is 35.2 Å². The van der Waals surface area contributed by atoms with Crippen molar-refractivity contribution < 1.29 is 1.37 Å². The van der Waals surface area contributed by atoms with Crippen molar-refractivity contribution in [3.8, 4) is 56.3 Å². The van der Waals surface area contributed by atoms with Gasteiger partial charge in [0.25, 0.3) is 0 Å². The van der Waals surface area contributed by atoms with Crippen molar-refractivity contribution in [1.82, 2.24) is 19.9 Å². The van der Waals surface area contributed by atoms with Crippen LogP contribution in [-0.2, 0) is 0 Å². The SMILES string of the molecule is [3H]C(S)C#Cc1cccc(-c2c3nc(c(-c4c(C)cc(C)cc4C)c4ccc([nH]4)c(-c4cccc(I)c4)c4nc(c(-c5c(C)cc(C)cc5C)c5ccc2[nH]5)C=C4)C=C3)c1. The number of aromatic nitrogens is 4. The molecule has 0 radical (unpaired) electrons. The molecule has 9 rings (SSSR count). The Kier molecular flexibility index (Phi) is 9.96. The van der Waals surface area contributed by atoms with Gasteiger partial charge in [-0.05, 0) is 181 Å². The number of aryl methyl sites for hydroxylation is 6. The molecule has 0 fully saturated rings. The lowest BCUT2D eigenvalue weighted by Crippen LogP contribution is -1.95. The number of H-pyrrole nitrogens is 2. The van der Waals surface area contributed by atoms with Crippen LogP contribution in [0.4, 0.5) is 0 Å². The van der Waals surface area contributed by atoms with Gasteiger partial charge in [0.15, 0.2) is 0 Å². The Morgan fingerprint density at radius 1 is 0.525 bits per heavy atom. The molecule has 4 nitrogen and oxygen atoms in total. The van der Waals surface area contributed by atoms with Gasteiger partial charge in [-0.25, -0.2) is 9.97 Å². The number of aromatic amines is 2. The molecule has 0 aliphatic carbocycles. The van der Waals surface area contributed by atoms with E-state index in [0.717, 1.165) is 98.5 Å². The van der Waals surface area contributed by atoms with Crippen LogP contribution in [0.2, 0.25) is 0 Å². The Morgan fingerprint density at radius 3 is 1.37 bits per heavy atom. The first-order valence-electron chi connectivity index (χ1n) is 20.3. The third kappa shape index (κ3) is 7.28. The number of fused-ring (bicyclic) bond motifs is 8. The molecule has 4 aromatic carbocycles. The molecule has 3 aromatic heterocycles. The summed E-state index contributed by atoms with van der Waals surface area (Å²) in [5.41, 5.74) is 22.9. The molecule has 2 aliphatic heterocycles. The average molecular weight is 897 g/mol. The van der Waals surface area contributed by atoms with E-state index in [1.54, 1.807) is 0 Å². The van der Waals surface area contributed by atoms with Crippen LogP contribution in [-0.4, -0.2) is 25.7 Å².